The third kappa shape index (κ3) is 3.01. The van der Waals surface area contributed by atoms with E-state index in [9.17, 15) is 0 Å². The first-order valence-corrected chi connectivity index (χ1v) is 6.73. The predicted octanol–water partition coefficient (Wildman–Crippen LogP) is 3.87. The molecule has 0 saturated carbocycles. The minimum Gasteiger partial charge on any atom is -0.497 e. The molecule has 4 nitrogen and oxygen atoms in total. The van der Waals surface area contributed by atoms with Gasteiger partial charge in [0.05, 0.1) is 12.8 Å². The van der Waals surface area contributed by atoms with Crippen LogP contribution in [0.2, 0.25) is 5.15 Å². The van der Waals surface area contributed by atoms with E-state index >= 15 is 0 Å². The highest BCUT2D eigenvalue weighted by Crippen LogP contribution is 2.26. The molecule has 0 N–H and O–H groups in total. The van der Waals surface area contributed by atoms with Gasteiger partial charge in [0.2, 0.25) is 0 Å². The van der Waals surface area contributed by atoms with Crippen molar-refractivity contribution in [3.63, 3.8) is 0 Å². The molecule has 0 fully saturated rings. The molecule has 0 aliphatic carbocycles. The van der Waals surface area contributed by atoms with E-state index in [4.69, 9.17) is 16.3 Å². The Hall–Kier alpha value is -2.46. The van der Waals surface area contributed by atoms with Crippen LogP contribution in [-0.4, -0.2) is 22.1 Å². The lowest BCUT2D eigenvalue weighted by atomic mass is 10.1. The summed E-state index contributed by atoms with van der Waals surface area (Å²) < 4.78 is 5.24. The smallest absolute Gasteiger partial charge is 0.163 e. The number of ether oxygens (including phenoxy) is 1. The largest absolute Gasteiger partial charge is 0.497 e. The fourth-order valence-corrected chi connectivity index (χ4v) is 2.16. The number of pyridine rings is 1. The van der Waals surface area contributed by atoms with E-state index in [1.807, 2.05) is 36.4 Å². The summed E-state index contributed by atoms with van der Waals surface area (Å²) in [5.41, 5.74) is 2.49. The molecule has 104 valence electrons. The number of hydrogen-bond donors (Lipinski definition) is 0. The molecule has 0 amide bonds. The Balaban J connectivity index is 2.09. The number of nitrogens with zero attached hydrogens (tertiary/aromatic N) is 3. The van der Waals surface area contributed by atoms with Gasteiger partial charge in [-0.3, -0.25) is 4.98 Å². The minimum atomic E-state index is 0.390. The summed E-state index contributed by atoms with van der Waals surface area (Å²) in [6, 6.07) is 13.1. The molecule has 21 heavy (non-hydrogen) atoms. The van der Waals surface area contributed by atoms with Crippen LogP contribution >= 0.6 is 11.6 Å². The van der Waals surface area contributed by atoms with Crippen LogP contribution in [0.15, 0.2) is 54.9 Å². The van der Waals surface area contributed by atoms with Crippen LogP contribution < -0.4 is 4.74 Å². The Morgan fingerprint density at radius 1 is 1.00 bits per heavy atom. The van der Waals surface area contributed by atoms with Gasteiger partial charge in [0.1, 0.15) is 10.9 Å². The summed E-state index contributed by atoms with van der Waals surface area (Å²) in [6.45, 7) is 0. The van der Waals surface area contributed by atoms with Gasteiger partial charge in [-0.1, -0.05) is 23.7 Å². The Morgan fingerprint density at radius 3 is 2.62 bits per heavy atom. The van der Waals surface area contributed by atoms with Gasteiger partial charge < -0.3 is 4.74 Å². The number of methoxy groups -OCH3 is 1. The zero-order chi connectivity index (χ0) is 14.7. The van der Waals surface area contributed by atoms with Gasteiger partial charge >= 0.3 is 0 Å². The molecule has 0 aliphatic rings. The lowest BCUT2D eigenvalue weighted by Gasteiger charge is -2.07. The number of aromatic nitrogens is 3. The van der Waals surface area contributed by atoms with Crippen molar-refractivity contribution in [1.29, 1.82) is 0 Å². The van der Waals surface area contributed by atoms with Crippen LogP contribution in [0, 0.1) is 0 Å². The maximum absolute atomic E-state index is 6.12. The molecule has 0 saturated heterocycles. The van der Waals surface area contributed by atoms with E-state index in [1.165, 1.54) is 0 Å². The van der Waals surface area contributed by atoms with Gasteiger partial charge in [-0.15, -0.1) is 0 Å². The Bertz CT molecular complexity index is 762. The summed E-state index contributed by atoms with van der Waals surface area (Å²) in [6.07, 6.45) is 3.41. The quantitative estimate of drug-likeness (QED) is 0.689. The van der Waals surface area contributed by atoms with Crippen LogP contribution in [0.25, 0.3) is 22.6 Å². The van der Waals surface area contributed by atoms with Gasteiger partial charge in [0.15, 0.2) is 5.82 Å². The molecule has 2 aromatic heterocycles. The van der Waals surface area contributed by atoms with Crippen molar-refractivity contribution in [3.05, 3.63) is 60.0 Å². The van der Waals surface area contributed by atoms with Crippen LogP contribution in [0.5, 0.6) is 5.75 Å². The first kappa shape index (κ1) is 13.5. The van der Waals surface area contributed by atoms with Crippen molar-refractivity contribution in [2.45, 2.75) is 0 Å². The molecule has 0 atom stereocenters. The fraction of sp³-hybridized carbons (Fsp3) is 0.0625. The van der Waals surface area contributed by atoms with E-state index in [1.54, 1.807) is 25.6 Å². The molecule has 0 unspecified atom stereocenters. The average molecular weight is 298 g/mol. The highest BCUT2D eigenvalue weighted by molar-refractivity contribution is 6.29. The second-order valence-corrected chi connectivity index (χ2v) is 4.76. The molecular weight excluding hydrogens is 286 g/mol. The van der Waals surface area contributed by atoms with Crippen molar-refractivity contribution >= 4 is 11.6 Å². The molecule has 1 aromatic carbocycles. The van der Waals surface area contributed by atoms with Gasteiger partial charge in [-0.05, 0) is 24.3 Å². The Morgan fingerprint density at radius 2 is 1.86 bits per heavy atom. The summed E-state index contributed by atoms with van der Waals surface area (Å²) in [4.78, 5) is 12.9. The zero-order valence-electron chi connectivity index (χ0n) is 11.3. The first-order valence-electron chi connectivity index (χ1n) is 6.35. The van der Waals surface area contributed by atoms with E-state index in [0.29, 0.717) is 11.0 Å². The molecule has 2 heterocycles. The second kappa shape index (κ2) is 5.89. The molecule has 0 radical (unpaired) electrons. The van der Waals surface area contributed by atoms with Gasteiger partial charge in [0.25, 0.3) is 0 Å². The molecule has 0 aliphatic heterocycles. The first-order chi connectivity index (χ1) is 10.3. The van der Waals surface area contributed by atoms with Crippen molar-refractivity contribution in [3.8, 4) is 28.4 Å². The second-order valence-electron chi connectivity index (χ2n) is 4.37. The topological polar surface area (TPSA) is 47.9 Å². The van der Waals surface area contributed by atoms with Crippen LogP contribution in [-0.2, 0) is 0 Å². The maximum atomic E-state index is 6.12. The predicted molar refractivity (Wildman–Crippen MR) is 82.3 cm³/mol. The van der Waals surface area contributed by atoms with Gasteiger partial charge in [-0.2, -0.15) is 0 Å². The number of rotatable bonds is 3. The van der Waals surface area contributed by atoms with E-state index in [2.05, 4.69) is 15.0 Å². The lowest BCUT2D eigenvalue weighted by Crippen LogP contribution is -1.94. The lowest BCUT2D eigenvalue weighted by molar-refractivity contribution is 0.415. The van der Waals surface area contributed by atoms with Crippen molar-refractivity contribution in [2.24, 2.45) is 0 Å². The molecule has 3 rings (SSSR count). The minimum absolute atomic E-state index is 0.390. The number of benzene rings is 1. The van der Waals surface area contributed by atoms with Crippen molar-refractivity contribution in [1.82, 2.24) is 15.0 Å². The van der Waals surface area contributed by atoms with Crippen LogP contribution in [0.3, 0.4) is 0 Å². The highest BCUT2D eigenvalue weighted by Gasteiger charge is 2.08. The SMILES string of the molecule is COc1cccc(-c2cc(Cl)nc(-c3cccnc3)n2)c1. The molecular formula is C16H12ClN3O. The van der Waals surface area contributed by atoms with Crippen molar-refractivity contribution in [2.75, 3.05) is 7.11 Å². The number of halogens is 1. The maximum Gasteiger partial charge on any atom is 0.163 e. The normalized spacial score (nSPS) is 10.4. The molecule has 5 heteroatoms. The van der Waals surface area contributed by atoms with Crippen LogP contribution in [0.1, 0.15) is 0 Å². The third-order valence-corrected chi connectivity index (χ3v) is 3.17. The van der Waals surface area contributed by atoms with Gasteiger partial charge in [0, 0.05) is 29.6 Å². The van der Waals surface area contributed by atoms with E-state index < -0.39 is 0 Å². The zero-order valence-corrected chi connectivity index (χ0v) is 12.1. The van der Waals surface area contributed by atoms with Gasteiger partial charge in [-0.25, -0.2) is 9.97 Å². The highest BCUT2D eigenvalue weighted by atomic mass is 35.5. The van der Waals surface area contributed by atoms with E-state index in [0.717, 1.165) is 22.6 Å². The average Bonchev–Trinajstić information content (AvgIpc) is 2.55. The molecule has 3 aromatic rings. The van der Waals surface area contributed by atoms with Crippen molar-refractivity contribution < 1.29 is 4.74 Å². The monoisotopic (exact) mass is 297 g/mol. The molecule has 0 spiro atoms. The summed E-state index contributed by atoms with van der Waals surface area (Å²) >= 11 is 6.12. The Kier molecular flexibility index (Phi) is 3.79. The van der Waals surface area contributed by atoms with Crippen LogP contribution in [0.4, 0.5) is 0 Å². The van der Waals surface area contributed by atoms with E-state index in [-0.39, 0.29) is 0 Å². The molecule has 0 bridgehead atoms. The third-order valence-electron chi connectivity index (χ3n) is 2.98. The standard InChI is InChI=1S/C16H12ClN3O/c1-21-13-6-2-4-11(8-13)14-9-15(17)20-16(19-14)12-5-3-7-18-10-12/h2-10H,1H3. The Labute approximate surface area is 127 Å². The number of hydrogen-bond acceptors (Lipinski definition) is 4. The summed E-state index contributed by atoms with van der Waals surface area (Å²) in [5, 5.41) is 0.390. The summed E-state index contributed by atoms with van der Waals surface area (Å²) in [7, 11) is 1.63. The fourth-order valence-electron chi connectivity index (χ4n) is 1.97. The summed E-state index contributed by atoms with van der Waals surface area (Å²) in [5.74, 6) is 1.32.